The first-order chi connectivity index (χ1) is 14.4. The van der Waals surface area contributed by atoms with Gasteiger partial charge in [-0.2, -0.15) is 0 Å². The van der Waals surface area contributed by atoms with Crippen molar-refractivity contribution >= 4 is 34.3 Å². The zero-order chi connectivity index (χ0) is 21.7. The van der Waals surface area contributed by atoms with Gasteiger partial charge >= 0.3 is 0 Å². The van der Waals surface area contributed by atoms with Gasteiger partial charge < -0.3 is 10.1 Å². The quantitative estimate of drug-likeness (QED) is 0.431. The molecule has 2 aromatic carbocycles. The maximum absolute atomic E-state index is 13.0. The van der Waals surface area contributed by atoms with Crippen LogP contribution in [0.2, 0.25) is 0 Å². The van der Waals surface area contributed by atoms with Crippen molar-refractivity contribution in [2.24, 2.45) is 0 Å². The molecule has 0 saturated heterocycles. The molecule has 6 nitrogen and oxygen atoms in total. The van der Waals surface area contributed by atoms with Gasteiger partial charge in [-0.05, 0) is 36.6 Å². The first-order valence-corrected chi connectivity index (χ1v) is 10.8. The molecule has 0 saturated carbocycles. The molecule has 7 heteroatoms. The Morgan fingerprint density at radius 3 is 2.57 bits per heavy atom. The van der Waals surface area contributed by atoms with Crippen molar-refractivity contribution in [2.45, 2.75) is 43.6 Å². The van der Waals surface area contributed by atoms with E-state index in [9.17, 15) is 9.59 Å². The molecular weight excluding hydrogens is 398 g/mol. The predicted octanol–water partition coefficient (Wildman–Crippen LogP) is 4.29. The van der Waals surface area contributed by atoms with Crippen LogP contribution in [-0.4, -0.2) is 34.4 Å². The SMILES string of the molecule is COCCn1c(S[C@@H](C)C(=O)Nc2ccccc2C(C)C)nc2ccccc2c1=O. The molecule has 0 spiro atoms. The Hall–Kier alpha value is -2.64. The average molecular weight is 426 g/mol. The van der Waals surface area contributed by atoms with Crippen LogP contribution in [0.25, 0.3) is 10.9 Å². The average Bonchev–Trinajstić information content (AvgIpc) is 2.73. The number of nitrogens with one attached hydrogen (secondary N) is 1. The van der Waals surface area contributed by atoms with E-state index >= 15 is 0 Å². The number of para-hydroxylation sites is 2. The largest absolute Gasteiger partial charge is 0.383 e. The summed E-state index contributed by atoms with van der Waals surface area (Å²) in [6.45, 7) is 6.77. The number of hydrogen-bond acceptors (Lipinski definition) is 5. The van der Waals surface area contributed by atoms with Gasteiger partial charge in [0.25, 0.3) is 5.56 Å². The Morgan fingerprint density at radius 1 is 1.13 bits per heavy atom. The van der Waals surface area contributed by atoms with Crippen molar-refractivity contribution in [1.29, 1.82) is 0 Å². The zero-order valence-electron chi connectivity index (χ0n) is 17.7. The number of methoxy groups -OCH3 is 1. The van der Waals surface area contributed by atoms with E-state index in [0.717, 1.165) is 11.3 Å². The standard InChI is InChI=1S/C23H27N3O3S/c1-15(2)17-9-5-7-11-19(17)24-21(27)16(3)30-23-25-20-12-8-6-10-18(20)22(28)26(23)13-14-29-4/h5-12,15-16H,13-14H2,1-4H3,(H,24,27)/t16-/m0/s1. The van der Waals surface area contributed by atoms with Gasteiger partial charge in [-0.15, -0.1) is 0 Å². The summed E-state index contributed by atoms with van der Waals surface area (Å²) in [7, 11) is 1.59. The fraction of sp³-hybridized carbons (Fsp3) is 0.348. The molecule has 0 aliphatic carbocycles. The maximum Gasteiger partial charge on any atom is 0.262 e. The number of carbonyl (C=O) groups is 1. The summed E-state index contributed by atoms with van der Waals surface area (Å²) in [6, 6.07) is 15.1. The van der Waals surface area contributed by atoms with Crippen molar-refractivity contribution in [3.63, 3.8) is 0 Å². The van der Waals surface area contributed by atoms with Crippen molar-refractivity contribution < 1.29 is 9.53 Å². The van der Waals surface area contributed by atoms with Gasteiger partial charge in [0.2, 0.25) is 5.91 Å². The van der Waals surface area contributed by atoms with Gasteiger partial charge in [0.1, 0.15) is 0 Å². The molecule has 1 amide bonds. The number of aromatic nitrogens is 2. The van der Waals surface area contributed by atoms with E-state index in [4.69, 9.17) is 4.74 Å². The lowest BCUT2D eigenvalue weighted by Crippen LogP contribution is -2.28. The molecular formula is C23H27N3O3S. The molecule has 0 radical (unpaired) electrons. The van der Waals surface area contributed by atoms with Gasteiger partial charge in [0.15, 0.2) is 5.16 Å². The van der Waals surface area contributed by atoms with Crippen LogP contribution in [0.4, 0.5) is 5.69 Å². The van der Waals surface area contributed by atoms with E-state index in [2.05, 4.69) is 24.1 Å². The highest BCUT2D eigenvalue weighted by Crippen LogP contribution is 2.27. The Labute approximate surface area is 180 Å². The zero-order valence-corrected chi connectivity index (χ0v) is 18.5. The number of benzene rings is 2. The number of rotatable bonds is 8. The van der Waals surface area contributed by atoms with Gasteiger partial charge in [-0.25, -0.2) is 4.98 Å². The number of ether oxygens (including phenoxy) is 1. The lowest BCUT2D eigenvalue weighted by Gasteiger charge is -2.18. The van der Waals surface area contributed by atoms with Crippen molar-refractivity contribution in [1.82, 2.24) is 9.55 Å². The Bertz CT molecular complexity index is 1090. The van der Waals surface area contributed by atoms with Crippen LogP contribution in [0.1, 0.15) is 32.3 Å². The molecule has 30 heavy (non-hydrogen) atoms. The van der Waals surface area contributed by atoms with Crippen LogP contribution in [0.5, 0.6) is 0 Å². The minimum Gasteiger partial charge on any atom is -0.383 e. The monoisotopic (exact) mass is 425 g/mol. The fourth-order valence-electron chi connectivity index (χ4n) is 3.18. The number of amides is 1. The van der Waals surface area contributed by atoms with E-state index in [1.165, 1.54) is 11.8 Å². The van der Waals surface area contributed by atoms with Crippen LogP contribution in [0, 0.1) is 0 Å². The molecule has 0 aliphatic rings. The second kappa shape index (κ2) is 9.91. The predicted molar refractivity (Wildman–Crippen MR) is 122 cm³/mol. The second-order valence-corrected chi connectivity index (χ2v) is 8.66. The summed E-state index contributed by atoms with van der Waals surface area (Å²) in [5, 5.41) is 3.65. The van der Waals surface area contributed by atoms with Crippen LogP contribution in [0.3, 0.4) is 0 Å². The molecule has 158 valence electrons. The van der Waals surface area contributed by atoms with Crippen LogP contribution >= 0.6 is 11.8 Å². The molecule has 0 bridgehead atoms. The Morgan fingerprint density at radius 2 is 1.83 bits per heavy atom. The molecule has 3 rings (SSSR count). The maximum atomic E-state index is 13.0. The van der Waals surface area contributed by atoms with Crippen LogP contribution in [0.15, 0.2) is 58.5 Å². The minimum absolute atomic E-state index is 0.127. The summed E-state index contributed by atoms with van der Waals surface area (Å²) >= 11 is 1.28. The summed E-state index contributed by atoms with van der Waals surface area (Å²) in [6.07, 6.45) is 0. The first kappa shape index (κ1) is 22.1. The number of carbonyl (C=O) groups excluding carboxylic acids is 1. The molecule has 0 aliphatic heterocycles. The highest BCUT2D eigenvalue weighted by atomic mass is 32.2. The molecule has 1 aromatic heterocycles. The van der Waals surface area contributed by atoms with Gasteiger partial charge in [0.05, 0.1) is 29.3 Å². The van der Waals surface area contributed by atoms with Gasteiger partial charge in [-0.3, -0.25) is 14.2 Å². The highest BCUT2D eigenvalue weighted by Gasteiger charge is 2.20. The third-order valence-corrected chi connectivity index (χ3v) is 5.93. The molecule has 0 unspecified atom stereocenters. The smallest absolute Gasteiger partial charge is 0.262 e. The molecule has 0 fully saturated rings. The molecule has 1 heterocycles. The summed E-state index contributed by atoms with van der Waals surface area (Å²) in [4.78, 5) is 30.5. The highest BCUT2D eigenvalue weighted by molar-refractivity contribution is 8.00. The number of fused-ring (bicyclic) bond motifs is 1. The number of thioether (sulfide) groups is 1. The third-order valence-electron chi connectivity index (χ3n) is 4.84. The van der Waals surface area contributed by atoms with Crippen LogP contribution in [-0.2, 0) is 16.1 Å². The molecule has 1 atom stereocenters. The summed E-state index contributed by atoms with van der Waals surface area (Å²) in [5.41, 5.74) is 2.39. The second-order valence-electron chi connectivity index (χ2n) is 7.35. The Kier molecular flexibility index (Phi) is 7.29. The van der Waals surface area contributed by atoms with Gasteiger partial charge in [-0.1, -0.05) is 55.9 Å². The topological polar surface area (TPSA) is 73.2 Å². The van der Waals surface area contributed by atoms with E-state index in [1.807, 2.05) is 49.4 Å². The lowest BCUT2D eigenvalue weighted by molar-refractivity contribution is -0.115. The number of anilines is 1. The summed E-state index contributed by atoms with van der Waals surface area (Å²) < 4.78 is 6.74. The number of hydrogen-bond donors (Lipinski definition) is 1. The molecule has 1 N–H and O–H groups in total. The Balaban J connectivity index is 1.87. The van der Waals surface area contributed by atoms with Crippen molar-refractivity contribution in [2.75, 3.05) is 19.0 Å². The van der Waals surface area contributed by atoms with E-state index in [1.54, 1.807) is 17.7 Å². The fourth-order valence-corrected chi connectivity index (χ4v) is 4.11. The van der Waals surface area contributed by atoms with E-state index < -0.39 is 5.25 Å². The normalized spacial score (nSPS) is 12.3. The molecule has 3 aromatic rings. The van der Waals surface area contributed by atoms with E-state index in [-0.39, 0.29) is 11.5 Å². The van der Waals surface area contributed by atoms with Crippen LogP contribution < -0.4 is 10.9 Å². The lowest BCUT2D eigenvalue weighted by atomic mass is 10.0. The third kappa shape index (κ3) is 4.91. The minimum atomic E-state index is -0.438. The summed E-state index contributed by atoms with van der Waals surface area (Å²) in [5.74, 6) is 0.166. The first-order valence-electron chi connectivity index (χ1n) is 9.97. The van der Waals surface area contributed by atoms with Crippen molar-refractivity contribution in [3.05, 3.63) is 64.4 Å². The number of nitrogens with zero attached hydrogens (tertiary/aromatic N) is 2. The van der Waals surface area contributed by atoms with Gasteiger partial charge in [0, 0.05) is 12.8 Å². The van der Waals surface area contributed by atoms with Crippen molar-refractivity contribution in [3.8, 4) is 0 Å². The van der Waals surface area contributed by atoms with E-state index in [0.29, 0.717) is 35.1 Å².